The summed E-state index contributed by atoms with van der Waals surface area (Å²) in [7, 11) is 0. The molecule has 0 radical (unpaired) electrons. The maximum Gasteiger partial charge on any atom is 0.161 e. The quantitative estimate of drug-likeness (QED) is 0.762. The first-order valence-corrected chi connectivity index (χ1v) is 7.74. The molecular formula is C15H21ClN2O. The van der Waals surface area contributed by atoms with Crippen LogP contribution in [0.15, 0.2) is 6.07 Å². The number of hydrogen-bond donors (Lipinski definition) is 0. The van der Waals surface area contributed by atoms with Crippen LogP contribution in [0.1, 0.15) is 69.3 Å². The van der Waals surface area contributed by atoms with Crippen LogP contribution in [-0.4, -0.2) is 16.6 Å². The number of aromatic nitrogens is 2. The number of hydrogen-bond acceptors (Lipinski definition) is 3. The molecule has 19 heavy (non-hydrogen) atoms. The summed E-state index contributed by atoms with van der Waals surface area (Å²) in [5, 5.41) is 0.558. The molecular weight excluding hydrogens is 260 g/mol. The van der Waals surface area contributed by atoms with Crippen molar-refractivity contribution in [2.24, 2.45) is 0 Å². The van der Waals surface area contributed by atoms with Gasteiger partial charge in [-0.05, 0) is 45.1 Å². The second-order valence-electron chi connectivity index (χ2n) is 5.96. The zero-order valence-corrected chi connectivity index (χ0v) is 12.2. The van der Waals surface area contributed by atoms with Gasteiger partial charge in [-0.3, -0.25) is 0 Å². The Morgan fingerprint density at radius 2 is 2.00 bits per heavy atom. The topological polar surface area (TPSA) is 35.0 Å². The summed E-state index contributed by atoms with van der Waals surface area (Å²) in [4.78, 5) is 9.22. The minimum Gasteiger partial charge on any atom is -0.367 e. The van der Waals surface area contributed by atoms with Crippen molar-refractivity contribution >= 4 is 11.6 Å². The summed E-state index contributed by atoms with van der Waals surface area (Å²) in [5.41, 5.74) is 0.763. The maximum absolute atomic E-state index is 6.20. The Hall–Kier alpha value is -0.670. The zero-order chi connectivity index (χ0) is 13.3. The highest BCUT2D eigenvalue weighted by Gasteiger charge is 2.34. The number of rotatable bonds is 2. The van der Waals surface area contributed by atoms with Gasteiger partial charge < -0.3 is 4.74 Å². The van der Waals surface area contributed by atoms with Crippen LogP contribution in [0.5, 0.6) is 0 Å². The number of halogens is 1. The number of ether oxygens (including phenoxy) is 1. The van der Waals surface area contributed by atoms with Crippen LogP contribution in [0.3, 0.4) is 0 Å². The van der Waals surface area contributed by atoms with Crippen LogP contribution in [0.25, 0.3) is 0 Å². The summed E-state index contributed by atoms with van der Waals surface area (Å²) in [5.74, 6) is 1.34. The van der Waals surface area contributed by atoms with Crippen LogP contribution < -0.4 is 0 Å². The van der Waals surface area contributed by atoms with Crippen molar-refractivity contribution in [2.45, 2.75) is 63.4 Å². The molecule has 0 aromatic carbocycles. The molecule has 0 N–H and O–H groups in total. The third-order valence-electron chi connectivity index (χ3n) is 4.43. The van der Waals surface area contributed by atoms with Gasteiger partial charge in [-0.15, -0.1) is 0 Å². The molecule has 0 amide bonds. The van der Waals surface area contributed by atoms with Gasteiger partial charge in [-0.25, -0.2) is 9.97 Å². The zero-order valence-electron chi connectivity index (χ0n) is 11.5. The van der Waals surface area contributed by atoms with Gasteiger partial charge in [0, 0.05) is 18.2 Å². The molecule has 1 aromatic heterocycles. The van der Waals surface area contributed by atoms with E-state index < -0.39 is 0 Å². The van der Waals surface area contributed by atoms with E-state index >= 15 is 0 Å². The first kappa shape index (κ1) is 13.3. The summed E-state index contributed by atoms with van der Waals surface area (Å²) < 4.78 is 5.94. The third kappa shape index (κ3) is 2.77. The van der Waals surface area contributed by atoms with E-state index in [-0.39, 0.29) is 5.60 Å². The van der Waals surface area contributed by atoms with E-state index in [4.69, 9.17) is 21.3 Å². The molecule has 2 aliphatic rings. The summed E-state index contributed by atoms with van der Waals surface area (Å²) in [6.07, 6.45) is 8.34. The van der Waals surface area contributed by atoms with E-state index in [1.54, 1.807) is 0 Å². The predicted molar refractivity (Wildman–Crippen MR) is 75.4 cm³/mol. The molecule has 1 aliphatic carbocycles. The first-order chi connectivity index (χ1) is 9.17. The minimum absolute atomic E-state index is 0.351. The van der Waals surface area contributed by atoms with E-state index in [1.165, 1.54) is 32.1 Å². The SMILES string of the molecule is CC1(c2nc(Cl)cc(C3CCCC3)n2)CCCCO1. The Labute approximate surface area is 119 Å². The lowest BCUT2D eigenvalue weighted by Gasteiger charge is -2.32. The fraction of sp³-hybridized carbons (Fsp3) is 0.733. The molecule has 2 heterocycles. The highest BCUT2D eigenvalue weighted by Crippen LogP contribution is 2.37. The van der Waals surface area contributed by atoms with Crippen molar-refractivity contribution in [2.75, 3.05) is 6.61 Å². The van der Waals surface area contributed by atoms with Crippen LogP contribution in [-0.2, 0) is 10.3 Å². The molecule has 104 valence electrons. The predicted octanol–water partition coefficient (Wildman–Crippen LogP) is 4.20. The average Bonchev–Trinajstić information content (AvgIpc) is 2.93. The molecule has 1 saturated heterocycles. The summed E-state index contributed by atoms with van der Waals surface area (Å²) >= 11 is 6.20. The van der Waals surface area contributed by atoms with Crippen molar-refractivity contribution in [1.82, 2.24) is 9.97 Å². The van der Waals surface area contributed by atoms with E-state index in [0.29, 0.717) is 11.1 Å². The Morgan fingerprint density at radius 1 is 1.21 bits per heavy atom. The Bertz CT molecular complexity index is 451. The molecule has 3 rings (SSSR count). The van der Waals surface area contributed by atoms with Gasteiger partial charge in [-0.1, -0.05) is 24.4 Å². The average molecular weight is 281 g/mol. The lowest BCUT2D eigenvalue weighted by molar-refractivity contribution is -0.0762. The Kier molecular flexibility index (Phi) is 3.77. The second kappa shape index (κ2) is 5.37. The van der Waals surface area contributed by atoms with Gasteiger partial charge in [0.1, 0.15) is 10.8 Å². The van der Waals surface area contributed by atoms with Crippen LogP contribution in [0, 0.1) is 0 Å². The van der Waals surface area contributed by atoms with Gasteiger partial charge in [0.05, 0.1) is 0 Å². The molecule has 3 nitrogen and oxygen atoms in total. The summed E-state index contributed by atoms with van der Waals surface area (Å²) in [6, 6.07) is 1.94. The van der Waals surface area contributed by atoms with E-state index in [1.807, 2.05) is 6.07 Å². The molecule has 0 spiro atoms. The Morgan fingerprint density at radius 3 is 2.68 bits per heavy atom. The monoisotopic (exact) mass is 280 g/mol. The highest BCUT2D eigenvalue weighted by molar-refractivity contribution is 6.29. The third-order valence-corrected chi connectivity index (χ3v) is 4.62. The van der Waals surface area contributed by atoms with Gasteiger partial charge >= 0.3 is 0 Å². The van der Waals surface area contributed by atoms with Crippen molar-refractivity contribution in [3.63, 3.8) is 0 Å². The largest absolute Gasteiger partial charge is 0.367 e. The molecule has 4 heteroatoms. The maximum atomic E-state index is 6.20. The minimum atomic E-state index is -0.351. The van der Waals surface area contributed by atoms with E-state index in [0.717, 1.165) is 31.0 Å². The smallest absolute Gasteiger partial charge is 0.161 e. The van der Waals surface area contributed by atoms with E-state index in [9.17, 15) is 0 Å². The van der Waals surface area contributed by atoms with Crippen molar-refractivity contribution in [3.05, 3.63) is 22.7 Å². The first-order valence-electron chi connectivity index (χ1n) is 7.36. The lowest BCUT2D eigenvalue weighted by atomic mass is 9.94. The standard InChI is InChI=1S/C15H21ClN2O/c1-15(8-4-5-9-19-15)14-17-12(10-13(16)18-14)11-6-2-3-7-11/h10-11H,2-9H2,1H3. The molecule has 1 aliphatic heterocycles. The highest BCUT2D eigenvalue weighted by atomic mass is 35.5. The van der Waals surface area contributed by atoms with Crippen molar-refractivity contribution in [1.29, 1.82) is 0 Å². The fourth-order valence-electron chi connectivity index (χ4n) is 3.21. The lowest BCUT2D eigenvalue weighted by Crippen LogP contribution is -2.32. The Balaban J connectivity index is 1.92. The number of nitrogens with zero attached hydrogens (tertiary/aromatic N) is 2. The molecule has 1 unspecified atom stereocenters. The van der Waals surface area contributed by atoms with Crippen molar-refractivity contribution in [3.8, 4) is 0 Å². The van der Waals surface area contributed by atoms with E-state index in [2.05, 4.69) is 11.9 Å². The van der Waals surface area contributed by atoms with Crippen molar-refractivity contribution < 1.29 is 4.74 Å². The van der Waals surface area contributed by atoms with Gasteiger partial charge in [-0.2, -0.15) is 0 Å². The normalized spacial score (nSPS) is 28.7. The molecule has 1 atom stereocenters. The molecule has 0 bridgehead atoms. The van der Waals surface area contributed by atoms with Gasteiger partial charge in [0.2, 0.25) is 0 Å². The molecule has 1 saturated carbocycles. The van der Waals surface area contributed by atoms with Crippen LogP contribution in [0.4, 0.5) is 0 Å². The van der Waals surface area contributed by atoms with Gasteiger partial charge in [0.25, 0.3) is 0 Å². The van der Waals surface area contributed by atoms with Crippen LogP contribution in [0.2, 0.25) is 5.15 Å². The molecule has 2 fully saturated rings. The fourth-order valence-corrected chi connectivity index (χ4v) is 3.40. The molecule has 1 aromatic rings. The summed E-state index contributed by atoms with van der Waals surface area (Å²) in [6.45, 7) is 2.89. The second-order valence-corrected chi connectivity index (χ2v) is 6.34. The van der Waals surface area contributed by atoms with Gasteiger partial charge in [0.15, 0.2) is 5.82 Å². The van der Waals surface area contributed by atoms with Crippen LogP contribution >= 0.6 is 11.6 Å².